The van der Waals surface area contributed by atoms with E-state index in [0.29, 0.717) is 5.69 Å². The lowest BCUT2D eigenvalue weighted by Gasteiger charge is -2.14. The van der Waals surface area contributed by atoms with Crippen LogP contribution in [0.5, 0.6) is 0 Å². The number of carbonyl (C=O) groups excluding carboxylic acids is 1. The number of anilines is 1. The predicted molar refractivity (Wildman–Crippen MR) is 85.5 cm³/mol. The van der Waals surface area contributed by atoms with E-state index in [1.54, 1.807) is 12.3 Å². The molecule has 2 aliphatic carbocycles. The first kappa shape index (κ1) is 15.2. The van der Waals surface area contributed by atoms with Crippen LogP contribution in [0.2, 0.25) is 0 Å². The molecule has 1 N–H and O–H groups in total. The van der Waals surface area contributed by atoms with Crippen LogP contribution in [0.4, 0.5) is 14.5 Å². The van der Waals surface area contributed by atoms with Gasteiger partial charge in [-0.25, -0.2) is 8.78 Å². The van der Waals surface area contributed by atoms with Crippen molar-refractivity contribution in [3.05, 3.63) is 42.1 Å². The van der Waals surface area contributed by atoms with Crippen LogP contribution in [0.25, 0.3) is 11.3 Å². The summed E-state index contributed by atoms with van der Waals surface area (Å²) in [4.78, 5) is 12.3. The van der Waals surface area contributed by atoms with Crippen molar-refractivity contribution in [1.29, 1.82) is 0 Å². The van der Waals surface area contributed by atoms with Gasteiger partial charge in [-0.15, -0.1) is 0 Å². The van der Waals surface area contributed by atoms with Crippen molar-refractivity contribution in [2.45, 2.75) is 25.7 Å². The molecule has 0 radical (unpaired) electrons. The van der Waals surface area contributed by atoms with E-state index in [1.165, 1.54) is 0 Å². The smallest absolute Gasteiger partial charge is 0.248 e. The molecule has 1 heterocycles. The van der Waals surface area contributed by atoms with E-state index in [9.17, 15) is 13.6 Å². The van der Waals surface area contributed by atoms with Crippen LogP contribution in [0.1, 0.15) is 18.4 Å². The lowest BCUT2D eigenvalue weighted by molar-refractivity contribution is -0.118. The third-order valence-corrected chi connectivity index (χ3v) is 5.06. The van der Waals surface area contributed by atoms with Gasteiger partial charge in [-0.3, -0.25) is 4.79 Å². The van der Waals surface area contributed by atoms with Crippen molar-refractivity contribution in [2.75, 3.05) is 5.32 Å². The first-order valence-corrected chi connectivity index (χ1v) is 8.02. The molecular formula is C18H17F2N3O. The van der Waals surface area contributed by atoms with E-state index >= 15 is 0 Å². The maximum absolute atomic E-state index is 13.2. The summed E-state index contributed by atoms with van der Waals surface area (Å²) < 4.78 is 26.5. The Bertz CT molecular complexity index is 780. The summed E-state index contributed by atoms with van der Waals surface area (Å²) in [6.07, 6.45) is 1.29. The number of fused-ring (bicyclic) bond motifs is 1. The highest BCUT2D eigenvalue weighted by Gasteiger charge is 2.65. The molecule has 4 rings (SSSR count). The Balaban J connectivity index is 1.49. The van der Waals surface area contributed by atoms with Gasteiger partial charge < -0.3 is 5.32 Å². The summed E-state index contributed by atoms with van der Waals surface area (Å²) in [7, 11) is 0. The molecule has 1 aromatic heterocycles. The normalized spacial score (nSPS) is 26.7. The Morgan fingerprint density at radius 1 is 1.25 bits per heavy atom. The van der Waals surface area contributed by atoms with Crippen molar-refractivity contribution in [3.63, 3.8) is 0 Å². The molecule has 2 saturated carbocycles. The monoisotopic (exact) mass is 329 g/mol. The molecule has 2 aromatic rings. The summed E-state index contributed by atoms with van der Waals surface area (Å²) in [5.41, 5.74) is 3.30. The first-order chi connectivity index (χ1) is 11.4. The Hall–Kier alpha value is -2.37. The molecule has 1 amide bonds. The third kappa shape index (κ3) is 2.66. The second kappa shape index (κ2) is 5.33. The zero-order valence-electron chi connectivity index (χ0n) is 13.2. The fourth-order valence-electron chi connectivity index (χ4n) is 3.81. The lowest BCUT2D eigenvalue weighted by Crippen LogP contribution is -2.21. The number of alkyl halides is 2. The highest BCUT2D eigenvalue weighted by molar-refractivity contribution is 5.95. The number of amides is 1. The van der Waals surface area contributed by atoms with Gasteiger partial charge >= 0.3 is 0 Å². The van der Waals surface area contributed by atoms with Crippen LogP contribution in [0, 0.1) is 24.7 Å². The molecule has 1 aromatic carbocycles. The fourth-order valence-corrected chi connectivity index (χ4v) is 3.81. The Morgan fingerprint density at radius 2 is 2.00 bits per heavy atom. The van der Waals surface area contributed by atoms with Gasteiger partial charge in [-0.05, 0) is 48.6 Å². The topological polar surface area (TPSA) is 54.9 Å². The fraction of sp³-hybridized carbons (Fsp3) is 0.389. The van der Waals surface area contributed by atoms with Gasteiger partial charge in [0.15, 0.2) is 0 Å². The molecule has 0 spiro atoms. The zero-order chi connectivity index (χ0) is 16.9. The molecule has 24 heavy (non-hydrogen) atoms. The zero-order valence-corrected chi connectivity index (χ0v) is 13.2. The van der Waals surface area contributed by atoms with Gasteiger partial charge in [0.05, 0.1) is 5.69 Å². The van der Waals surface area contributed by atoms with Crippen LogP contribution in [0.15, 0.2) is 36.5 Å². The molecule has 4 nitrogen and oxygen atoms in total. The summed E-state index contributed by atoms with van der Waals surface area (Å²) >= 11 is 0. The lowest BCUT2D eigenvalue weighted by atomic mass is 10.0. The van der Waals surface area contributed by atoms with E-state index in [0.717, 1.165) is 16.8 Å². The predicted octanol–water partition coefficient (Wildman–Crippen LogP) is 3.68. The molecule has 0 aliphatic heterocycles. The number of benzene rings is 1. The average molecular weight is 329 g/mol. The van der Waals surface area contributed by atoms with E-state index in [2.05, 4.69) is 15.5 Å². The minimum atomic E-state index is -2.59. The third-order valence-electron chi connectivity index (χ3n) is 5.06. The van der Waals surface area contributed by atoms with Crippen LogP contribution < -0.4 is 5.32 Å². The molecule has 6 heteroatoms. The van der Waals surface area contributed by atoms with E-state index < -0.39 is 5.92 Å². The number of halogens is 2. The maximum atomic E-state index is 13.2. The summed E-state index contributed by atoms with van der Waals surface area (Å²) in [6.45, 7) is 1.96. The van der Waals surface area contributed by atoms with Crippen molar-refractivity contribution < 1.29 is 13.6 Å². The van der Waals surface area contributed by atoms with Crippen molar-refractivity contribution >= 4 is 11.6 Å². The summed E-state index contributed by atoms with van der Waals surface area (Å²) in [5, 5.41) is 10.8. The first-order valence-electron chi connectivity index (χ1n) is 8.02. The summed E-state index contributed by atoms with van der Waals surface area (Å²) in [5.74, 6) is -3.34. The van der Waals surface area contributed by atoms with Crippen LogP contribution in [-0.4, -0.2) is 22.0 Å². The molecule has 0 saturated heterocycles. The molecule has 3 atom stereocenters. The number of rotatable bonds is 3. The highest BCUT2D eigenvalue weighted by Crippen LogP contribution is 2.62. The van der Waals surface area contributed by atoms with Crippen molar-refractivity contribution in [2.24, 2.45) is 17.8 Å². The van der Waals surface area contributed by atoms with Gasteiger partial charge in [-0.1, -0.05) is 6.07 Å². The number of aromatic nitrogens is 2. The largest absolute Gasteiger partial charge is 0.326 e. The molecule has 2 fully saturated rings. The second-order valence-corrected chi connectivity index (χ2v) is 6.75. The second-order valence-electron chi connectivity index (χ2n) is 6.75. The average Bonchev–Trinajstić information content (AvgIpc) is 3.09. The van der Waals surface area contributed by atoms with E-state index in [-0.39, 0.29) is 36.5 Å². The number of aryl methyl sites for hydroxylation is 1. The van der Waals surface area contributed by atoms with Crippen LogP contribution in [0.3, 0.4) is 0 Å². The molecule has 0 bridgehead atoms. The highest BCUT2D eigenvalue weighted by atomic mass is 19.3. The van der Waals surface area contributed by atoms with Gasteiger partial charge in [0.2, 0.25) is 11.8 Å². The Morgan fingerprint density at radius 3 is 2.67 bits per heavy atom. The van der Waals surface area contributed by atoms with Crippen LogP contribution in [-0.2, 0) is 4.79 Å². The molecule has 2 aliphatic rings. The van der Waals surface area contributed by atoms with Gasteiger partial charge in [0.25, 0.3) is 0 Å². The van der Waals surface area contributed by atoms with Crippen LogP contribution >= 0.6 is 0 Å². The molecular weight excluding hydrogens is 312 g/mol. The standard InChI is InChI=1S/C18H17F2N3O/c1-10-4-5-11(7-12(10)15-3-2-6-21-23-15)22-17(24)16-13-8-18(19,20)9-14(13)16/h2-7,13-14,16H,8-9H2,1H3,(H,22,24)/t13-,14?,16?/m0/s1. The number of hydrogen-bond acceptors (Lipinski definition) is 3. The molecule has 2 unspecified atom stereocenters. The quantitative estimate of drug-likeness (QED) is 0.934. The number of carbonyl (C=O) groups is 1. The minimum absolute atomic E-state index is 0.158. The Kier molecular flexibility index (Phi) is 3.37. The van der Waals surface area contributed by atoms with E-state index in [1.807, 2.05) is 31.2 Å². The van der Waals surface area contributed by atoms with E-state index in [4.69, 9.17) is 0 Å². The van der Waals surface area contributed by atoms with Gasteiger partial charge in [0.1, 0.15) is 0 Å². The SMILES string of the molecule is Cc1ccc(NC(=O)C2C3CC(F)(F)C[C@@H]32)cc1-c1cccnn1. The van der Waals surface area contributed by atoms with Crippen molar-refractivity contribution in [3.8, 4) is 11.3 Å². The number of nitrogens with zero attached hydrogens (tertiary/aromatic N) is 2. The number of nitrogens with one attached hydrogen (secondary N) is 1. The maximum Gasteiger partial charge on any atom is 0.248 e. The molecule has 124 valence electrons. The Labute approximate surface area is 138 Å². The van der Waals surface area contributed by atoms with Gasteiger partial charge in [-0.2, -0.15) is 10.2 Å². The van der Waals surface area contributed by atoms with Gasteiger partial charge in [0, 0.05) is 36.2 Å². The summed E-state index contributed by atoms with van der Waals surface area (Å²) in [6, 6.07) is 9.23. The van der Waals surface area contributed by atoms with Crippen molar-refractivity contribution in [1.82, 2.24) is 10.2 Å². The minimum Gasteiger partial charge on any atom is -0.326 e. The number of hydrogen-bond donors (Lipinski definition) is 1.